The van der Waals surface area contributed by atoms with Crippen LogP contribution in [-0.4, -0.2) is 28.5 Å². The number of aryl methyl sites for hydroxylation is 1. The lowest BCUT2D eigenvalue weighted by molar-refractivity contribution is 0.0690. The van der Waals surface area contributed by atoms with Crippen molar-refractivity contribution in [2.75, 3.05) is 6.54 Å². The number of amides is 1. The molecule has 0 unspecified atom stereocenters. The molecule has 5 nitrogen and oxygen atoms in total. The van der Waals surface area contributed by atoms with Gasteiger partial charge in [0.25, 0.3) is 5.91 Å². The average molecular weight is 343 g/mol. The molecule has 8 heteroatoms. The van der Waals surface area contributed by atoms with Gasteiger partial charge in [0.05, 0.1) is 15.6 Å². The minimum absolute atomic E-state index is 0.0286. The van der Waals surface area contributed by atoms with E-state index in [2.05, 4.69) is 10.3 Å². The molecule has 0 saturated carbocycles. The van der Waals surface area contributed by atoms with Crippen molar-refractivity contribution in [1.29, 1.82) is 0 Å². The number of thiazole rings is 1. The van der Waals surface area contributed by atoms with E-state index in [0.29, 0.717) is 17.0 Å². The molecule has 0 spiro atoms. The largest absolute Gasteiger partial charge is 0.476 e. The van der Waals surface area contributed by atoms with E-state index in [1.54, 1.807) is 6.92 Å². The lowest BCUT2D eigenvalue weighted by Crippen LogP contribution is -2.27. The summed E-state index contributed by atoms with van der Waals surface area (Å²) in [6.07, 6.45) is 0.356. The fraction of sp³-hybridized carbons (Fsp3) is 0.214. The van der Waals surface area contributed by atoms with E-state index in [1.807, 2.05) is 0 Å². The van der Waals surface area contributed by atoms with Gasteiger partial charge in [-0.05, 0) is 18.6 Å². The van der Waals surface area contributed by atoms with E-state index in [-0.39, 0.29) is 22.8 Å². The molecule has 2 aromatic rings. The van der Waals surface area contributed by atoms with Crippen LogP contribution in [0.3, 0.4) is 0 Å². The Labute approximate surface area is 134 Å². The van der Waals surface area contributed by atoms with Gasteiger partial charge < -0.3 is 10.4 Å². The molecule has 2 N–H and O–H groups in total. The van der Waals surface area contributed by atoms with Crippen LogP contribution in [0.25, 0.3) is 0 Å². The maximum absolute atomic E-state index is 13.7. The number of hydrogen-bond donors (Lipinski definition) is 2. The second-order valence-electron chi connectivity index (χ2n) is 4.49. The molecule has 0 saturated heterocycles. The third-order valence-electron chi connectivity index (χ3n) is 2.91. The van der Waals surface area contributed by atoms with Crippen molar-refractivity contribution >= 4 is 34.8 Å². The molecule has 0 aliphatic rings. The molecule has 116 valence electrons. The van der Waals surface area contributed by atoms with E-state index in [1.165, 1.54) is 28.8 Å². The molecule has 1 aromatic heterocycles. The van der Waals surface area contributed by atoms with Crippen LogP contribution in [-0.2, 0) is 6.42 Å². The van der Waals surface area contributed by atoms with Crippen LogP contribution >= 0.6 is 22.9 Å². The standard InChI is InChI=1S/C14H12ClFN2O3S/c1-7-2-3-8(16)11(12(7)15)13(19)17-5-4-10-18-9(6-22-10)14(20)21/h2-3,6H,4-5H2,1H3,(H,17,19)(H,20,21). The topological polar surface area (TPSA) is 79.3 Å². The zero-order valence-electron chi connectivity index (χ0n) is 11.5. The van der Waals surface area contributed by atoms with Crippen molar-refractivity contribution in [3.8, 4) is 0 Å². The van der Waals surface area contributed by atoms with Gasteiger partial charge in [0.2, 0.25) is 0 Å². The predicted molar refractivity (Wildman–Crippen MR) is 81.3 cm³/mol. The highest BCUT2D eigenvalue weighted by atomic mass is 35.5. The summed E-state index contributed by atoms with van der Waals surface area (Å²) >= 11 is 7.14. The number of carbonyl (C=O) groups excluding carboxylic acids is 1. The maximum Gasteiger partial charge on any atom is 0.355 e. The molecule has 1 aromatic carbocycles. The number of carboxylic acids is 1. The Hall–Kier alpha value is -1.99. The lowest BCUT2D eigenvalue weighted by atomic mass is 10.1. The summed E-state index contributed by atoms with van der Waals surface area (Å²) in [5, 5.41) is 13.4. The first kappa shape index (κ1) is 16.4. The quantitative estimate of drug-likeness (QED) is 0.875. The van der Waals surface area contributed by atoms with Crippen LogP contribution in [0.1, 0.15) is 31.4 Å². The van der Waals surface area contributed by atoms with Crippen molar-refractivity contribution in [2.45, 2.75) is 13.3 Å². The van der Waals surface area contributed by atoms with E-state index < -0.39 is 17.7 Å². The lowest BCUT2D eigenvalue weighted by Gasteiger charge is -2.08. The van der Waals surface area contributed by atoms with Gasteiger partial charge in [-0.3, -0.25) is 4.79 Å². The Morgan fingerprint density at radius 2 is 2.18 bits per heavy atom. The monoisotopic (exact) mass is 342 g/mol. The van der Waals surface area contributed by atoms with Gasteiger partial charge in [0.15, 0.2) is 5.69 Å². The highest BCUT2D eigenvalue weighted by Crippen LogP contribution is 2.23. The van der Waals surface area contributed by atoms with Gasteiger partial charge in [-0.15, -0.1) is 11.3 Å². The third-order valence-corrected chi connectivity index (χ3v) is 4.30. The SMILES string of the molecule is Cc1ccc(F)c(C(=O)NCCc2nc(C(=O)O)cs2)c1Cl. The molecule has 22 heavy (non-hydrogen) atoms. The molecule has 0 aliphatic heterocycles. The van der Waals surface area contributed by atoms with Gasteiger partial charge in [0.1, 0.15) is 5.82 Å². The number of hydrogen-bond acceptors (Lipinski definition) is 4. The van der Waals surface area contributed by atoms with Gasteiger partial charge >= 0.3 is 5.97 Å². The Bertz CT molecular complexity index is 733. The minimum Gasteiger partial charge on any atom is -0.476 e. The molecule has 0 fully saturated rings. The van der Waals surface area contributed by atoms with Crippen LogP contribution in [0.4, 0.5) is 4.39 Å². The first-order valence-electron chi connectivity index (χ1n) is 6.30. The normalized spacial score (nSPS) is 10.5. The van der Waals surface area contributed by atoms with Crippen LogP contribution in [0.15, 0.2) is 17.5 Å². The minimum atomic E-state index is -1.10. The number of carboxylic acid groups (broad SMARTS) is 1. The number of halogens is 2. The first-order chi connectivity index (χ1) is 10.4. The summed E-state index contributed by atoms with van der Waals surface area (Å²) in [7, 11) is 0. The highest BCUT2D eigenvalue weighted by Gasteiger charge is 2.17. The third kappa shape index (κ3) is 3.61. The summed E-state index contributed by atoms with van der Waals surface area (Å²) in [6.45, 7) is 1.89. The number of aromatic carboxylic acids is 1. The summed E-state index contributed by atoms with van der Waals surface area (Å²) in [5.41, 5.74) is 0.394. The summed E-state index contributed by atoms with van der Waals surface area (Å²) in [4.78, 5) is 26.6. The number of carbonyl (C=O) groups is 2. The Morgan fingerprint density at radius 1 is 1.45 bits per heavy atom. The average Bonchev–Trinajstić information content (AvgIpc) is 2.92. The van der Waals surface area contributed by atoms with Crippen LogP contribution in [0.5, 0.6) is 0 Å². The smallest absolute Gasteiger partial charge is 0.355 e. The Morgan fingerprint density at radius 3 is 2.82 bits per heavy atom. The summed E-state index contributed by atoms with van der Waals surface area (Å²) < 4.78 is 13.7. The van der Waals surface area contributed by atoms with Crippen molar-refractivity contribution < 1.29 is 19.1 Å². The first-order valence-corrected chi connectivity index (χ1v) is 7.56. The van der Waals surface area contributed by atoms with Crippen LogP contribution < -0.4 is 5.32 Å². The second kappa shape index (κ2) is 6.85. The van der Waals surface area contributed by atoms with E-state index >= 15 is 0 Å². The molecular formula is C14H12ClFN2O3S. The zero-order chi connectivity index (χ0) is 16.3. The summed E-state index contributed by atoms with van der Waals surface area (Å²) in [5.74, 6) is -2.39. The van der Waals surface area contributed by atoms with Gasteiger partial charge in [-0.1, -0.05) is 17.7 Å². The molecule has 0 radical (unpaired) electrons. The van der Waals surface area contributed by atoms with Crippen LogP contribution in [0.2, 0.25) is 5.02 Å². The van der Waals surface area contributed by atoms with Crippen molar-refractivity contribution in [1.82, 2.24) is 10.3 Å². The number of nitrogens with one attached hydrogen (secondary N) is 1. The van der Waals surface area contributed by atoms with Crippen molar-refractivity contribution in [3.63, 3.8) is 0 Å². The fourth-order valence-electron chi connectivity index (χ4n) is 1.76. The van der Waals surface area contributed by atoms with Gasteiger partial charge in [-0.25, -0.2) is 14.2 Å². The predicted octanol–water partition coefficient (Wildman–Crippen LogP) is 2.91. The Balaban J connectivity index is 1.98. The number of benzene rings is 1. The van der Waals surface area contributed by atoms with Crippen molar-refractivity contribution in [2.24, 2.45) is 0 Å². The highest BCUT2D eigenvalue weighted by molar-refractivity contribution is 7.09. The molecule has 0 aliphatic carbocycles. The number of aromatic nitrogens is 1. The number of nitrogens with zero attached hydrogens (tertiary/aromatic N) is 1. The zero-order valence-corrected chi connectivity index (χ0v) is 13.1. The van der Waals surface area contributed by atoms with E-state index in [9.17, 15) is 14.0 Å². The summed E-state index contributed by atoms with van der Waals surface area (Å²) in [6, 6.07) is 2.69. The molecule has 1 heterocycles. The van der Waals surface area contributed by atoms with Gasteiger partial charge in [-0.2, -0.15) is 0 Å². The molecular weight excluding hydrogens is 331 g/mol. The second-order valence-corrected chi connectivity index (χ2v) is 5.81. The van der Waals surface area contributed by atoms with Gasteiger partial charge in [0, 0.05) is 18.3 Å². The molecule has 1 amide bonds. The molecule has 0 bridgehead atoms. The molecule has 0 atom stereocenters. The fourth-order valence-corrected chi connectivity index (χ4v) is 2.77. The van der Waals surface area contributed by atoms with E-state index in [4.69, 9.17) is 16.7 Å². The molecule has 2 rings (SSSR count). The van der Waals surface area contributed by atoms with Crippen LogP contribution in [0, 0.1) is 12.7 Å². The van der Waals surface area contributed by atoms with Crippen molar-refractivity contribution in [3.05, 3.63) is 50.2 Å². The van der Waals surface area contributed by atoms with E-state index in [0.717, 1.165) is 0 Å². The number of rotatable bonds is 5. The Kier molecular flexibility index (Phi) is 5.10. The maximum atomic E-state index is 13.7.